The minimum Gasteiger partial charge on any atom is -0.484 e. The number of carbonyl (C=O) groups is 1. The molecule has 1 aromatic heterocycles. The quantitative estimate of drug-likeness (QED) is 0.804. The summed E-state index contributed by atoms with van der Waals surface area (Å²) in [5, 5.41) is 12.0. The van der Waals surface area contributed by atoms with Crippen molar-refractivity contribution in [3.8, 4) is 5.75 Å². The molecule has 0 fully saturated rings. The van der Waals surface area contributed by atoms with E-state index in [4.69, 9.17) is 16.3 Å². The van der Waals surface area contributed by atoms with E-state index in [0.717, 1.165) is 17.8 Å². The molecule has 0 radical (unpaired) electrons. The maximum atomic E-state index is 13.0. The van der Waals surface area contributed by atoms with Gasteiger partial charge in [0, 0.05) is 12.0 Å². The number of anilines is 1. The molecule has 23 heavy (non-hydrogen) atoms. The summed E-state index contributed by atoms with van der Waals surface area (Å²) in [6.07, 6.45) is 1.96. The van der Waals surface area contributed by atoms with Crippen LogP contribution in [-0.4, -0.2) is 22.7 Å². The maximum Gasteiger partial charge on any atom is 0.264 e. The Morgan fingerprint density at radius 2 is 2.13 bits per heavy atom. The number of hydrogen-bond acceptors (Lipinski definition) is 5. The second-order valence-electron chi connectivity index (χ2n) is 4.87. The van der Waals surface area contributed by atoms with E-state index in [1.807, 2.05) is 0 Å². The molecule has 1 aromatic carbocycles. The van der Waals surface area contributed by atoms with Gasteiger partial charge in [-0.15, -0.1) is 10.2 Å². The third kappa shape index (κ3) is 4.87. The van der Waals surface area contributed by atoms with Gasteiger partial charge in [0.05, 0.1) is 5.02 Å². The number of ether oxygens (including phenoxy) is 1. The molecule has 0 aliphatic carbocycles. The van der Waals surface area contributed by atoms with E-state index in [1.165, 1.54) is 29.5 Å². The largest absolute Gasteiger partial charge is 0.484 e. The second kappa shape index (κ2) is 8.21. The average Bonchev–Trinajstić information content (AvgIpc) is 2.98. The molecule has 0 aliphatic rings. The second-order valence-corrected chi connectivity index (χ2v) is 6.29. The number of amides is 1. The van der Waals surface area contributed by atoms with Crippen molar-refractivity contribution in [1.29, 1.82) is 0 Å². The van der Waals surface area contributed by atoms with Gasteiger partial charge in [-0.05, 0) is 25.0 Å². The highest BCUT2D eigenvalue weighted by Gasteiger charge is 2.14. The minimum atomic E-state index is -0.536. The van der Waals surface area contributed by atoms with Crippen molar-refractivity contribution >= 4 is 34.0 Å². The summed E-state index contributed by atoms with van der Waals surface area (Å²) in [4.78, 5) is 11.9. The molecule has 1 N–H and O–H groups in total. The van der Waals surface area contributed by atoms with Crippen LogP contribution in [0.4, 0.5) is 9.52 Å². The number of carbonyl (C=O) groups excluding carboxylic acids is 1. The summed E-state index contributed by atoms with van der Waals surface area (Å²) in [5.74, 6) is -0.221. The third-order valence-electron chi connectivity index (χ3n) is 3.28. The molecule has 0 saturated heterocycles. The van der Waals surface area contributed by atoms with Crippen molar-refractivity contribution in [2.45, 2.75) is 32.6 Å². The first-order chi connectivity index (χ1) is 11.0. The fourth-order valence-corrected chi connectivity index (χ4v) is 3.16. The Morgan fingerprint density at radius 3 is 2.78 bits per heavy atom. The predicted octanol–water partition coefficient (Wildman–Crippen LogP) is 4.25. The molecule has 0 unspecified atom stereocenters. The summed E-state index contributed by atoms with van der Waals surface area (Å²) in [6, 6.07) is 3.91. The number of rotatable bonds is 7. The SMILES string of the molecule is CCC(CC)c1nnc(NC(=O)COc2ccc(F)c(Cl)c2)s1. The molecule has 8 heteroatoms. The van der Waals surface area contributed by atoms with E-state index in [-0.39, 0.29) is 17.5 Å². The lowest BCUT2D eigenvalue weighted by molar-refractivity contribution is -0.118. The third-order valence-corrected chi connectivity index (χ3v) is 4.57. The lowest BCUT2D eigenvalue weighted by Crippen LogP contribution is -2.20. The summed E-state index contributed by atoms with van der Waals surface area (Å²) >= 11 is 7.01. The van der Waals surface area contributed by atoms with E-state index in [2.05, 4.69) is 29.4 Å². The molecule has 2 rings (SSSR count). The number of nitrogens with zero attached hydrogens (tertiary/aromatic N) is 2. The molecule has 0 saturated carbocycles. The highest BCUT2D eigenvalue weighted by Crippen LogP contribution is 2.28. The molecule has 0 spiro atoms. The first-order valence-electron chi connectivity index (χ1n) is 7.24. The monoisotopic (exact) mass is 357 g/mol. The van der Waals surface area contributed by atoms with Crippen molar-refractivity contribution in [3.05, 3.63) is 34.0 Å². The normalized spacial score (nSPS) is 10.8. The Balaban J connectivity index is 1.88. The van der Waals surface area contributed by atoms with Crippen molar-refractivity contribution in [3.63, 3.8) is 0 Å². The predicted molar refractivity (Wildman–Crippen MR) is 88.8 cm³/mol. The first kappa shape index (κ1) is 17.6. The average molecular weight is 358 g/mol. The summed E-state index contributed by atoms with van der Waals surface area (Å²) in [5.41, 5.74) is 0. The van der Waals surface area contributed by atoms with Gasteiger partial charge >= 0.3 is 0 Å². The van der Waals surface area contributed by atoms with Gasteiger partial charge in [0.1, 0.15) is 16.6 Å². The van der Waals surface area contributed by atoms with Gasteiger partial charge in [0.2, 0.25) is 5.13 Å². The van der Waals surface area contributed by atoms with Crippen LogP contribution in [0.25, 0.3) is 0 Å². The van der Waals surface area contributed by atoms with E-state index in [0.29, 0.717) is 16.8 Å². The van der Waals surface area contributed by atoms with Crippen LogP contribution >= 0.6 is 22.9 Å². The fraction of sp³-hybridized carbons (Fsp3) is 0.400. The molecule has 1 amide bonds. The van der Waals surface area contributed by atoms with Crippen molar-refractivity contribution in [1.82, 2.24) is 10.2 Å². The number of hydrogen-bond donors (Lipinski definition) is 1. The molecular formula is C15H17ClFN3O2S. The van der Waals surface area contributed by atoms with Gasteiger partial charge in [-0.1, -0.05) is 36.8 Å². The maximum absolute atomic E-state index is 13.0. The number of halogens is 2. The smallest absolute Gasteiger partial charge is 0.264 e. The highest BCUT2D eigenvalue weighted by molar-refractivity contribution is 7.15. The molecule has 0 aliphatic heterocycles. The van der Waals surface area contributed by atoms with E-state index in [9.17, 15) is 9.18 Å². The minimum absolute atomic E-state index is 0.0538. The molecule has 0 atom stereocenters. The molecule has 2 aromatic rings. The Morgan fingerprint density at radius 1 is 1.39 bits per heavy atom. The molecule has 124 valence electrons. The fourth-order valence-electron chi connectivity index (χ4n) is 1.96. The Labute approximate surface area is 142 Å². The standard InChI is InChI=1S/C15H17ClFN3O2S/c1-3-9(4-2)14-19-20-15(23-14)18-13(21)8-22-10-5-6-12(17)11(16)7-10/h5-7,9H,3-4,8H2,1-2H3,(H,18,20,21). The molecule has 0 bridgehead atoms. The molecule has 1 heterocycles. The van der Waals surface area contributed by atoms with Crippen molar-refractivity contribution in [2.75, 3.05) is 11.9 Å². The van der Waals surface area contributed by atoms with Crippen LogP contribution in [0.2, 0.25) is 5.02 Å². The highest BCUT2D eigenvalue weighted by atomic mass is 35.5. The Bertz CT molecular complexity index is 676. The van der Waals surface area contributed by atoms with Gasteiger partial charge < -0.3 is 4.74 Å². The van der Waals surface area contributed by atoms with Gasteiger partial charge in [0.15, 0.2) is 6.61 Å². The van der Waals surface area contributed by atoms with Crippen LogP contribution in [0.15, 0.2) is 18.2 Å². The van der Waals surface area contributed by atoms with Crippen LogP contribution in [-0.2, 0) is 4.79 Å². The zero-order valence-electron chi connectivity index (χ0n) is 12.8. The van der Waals surface area contributed by atoms with Gasteiger partial charge in [-0.2, -0.15) is 0 Å². The van der Waals surface area contributed by atoms with Gasteiger partial charge in [-0.3, -0.25) is 10.1 Å². The Hall–Kier alpha value is -1.73. The van der Waals surface area contributed by atoms with E-state index >= 15 is 0 Å². The number of benzene rings is 1. The molecule has 5 nitrogen and oxygen atoms in total. The van der Waals surface area contributed by atoms with Crippen LogP contribution < -0.4 is 10.1 Å². The topological polar surface area (TPSA) is 64.1 Å². The summed E-state index contributed by atoms with van der Waals surface area (Å²) in [7, 11) is 0. The first-order valence-corrected chi connectivity index (χ1v) is 8.44. The lowest BCUT2D eigenvalue weighted by atomic mass is 10.1. The number of aromatic nitrogens is 2. The summed E-state index contributed by atoms with van der Waals surface area (Å²) in [6.45, 7) is 3.97. The van der Waals surface area contributed by atoms with Crippen LogP contribution in [0.1, 0.15) is 37.6 Å². The zero-order valence-corrected chi connectivity index (χ0v) is 14.4. The van der Waals surface area contributed by atoms with Crippen LogP contribution in [0, 0.1) is 5.82 Å². The molecular weight excluding hydrogens is 341 g/mol. The van der Waals surface area contributed by atoms with E-state index < -0.39 is 5.82 Å². The van der Waals surface area contributed by atoms with Gasteiger partial charge in [-0.25, -0.2) is 4.39 Å². The Kier molecular flexibility index (Phi) is 6.29. The van der Waals surface area contributed by atoms with E-state index in [1.54, 1.807) is 0 Å². The van der Waals surface area contributed by atoms with Gasteiger partial charge in [0.25, 0.3) is 5.91 Å². The zero-order chi connectivity index (χ0) is 16.8. The lowest BCUT2D eigenvalue weighted by Gasteiger charge is -2.07. The van der Waals surface area contributed by atoms with Crippen molar-refractivity contribution in [2.24, 2.45) is 0 Å². The van der Waals surface area contributed by atoms with Crippen LogP contribution in [0.5, 0.6) is 5.75 Å². The number of nitrogens with one attached hydrogen (secondary N) is 1. The summed E-state index contributed by atoms with van der Waals surface area (Å²) < 4.78 is 18.3. The van der Waals surface area contributed by atoms with Crippen molar-refractivity contribution < 1.29 is 13.9 Å². The van der Waals surface area contributed by atoms with Crippen LogP contribution in [0.3, 0.4) is 0 Å².